The molecule has 1 saturated heterocycles. The van der Waals surface area contributed by atoms with Crippen molar-refractivity contribution in [2.24, 2.45) is 5.92 Å². The Kier molecular flexibility index (Phi) is 6.28. The van der Waals surface area contributed by atoms with E-state index in [-0.39, 0.29) is 18.4 Å². The lowest BCUT2D eigenvalue weighted by Crippen LogP contribution is -2.35. The molecular weight excluding hydrogens is 244 g/mol. The van der Waals surface area contributed by atoms with Crippen LogP contribution in [0.15, 0.2) is 0 Å². The molecule has 1 amide bonds. The third kappa shape index (κ3) is 4.49. The number of carboxylic acid groups (broad SMARTS) is 1. The number of hydrogen-bond acceptors (Lipinski definition) is 3. The van der Waals surface area contributed by atoms with Crippen molar-refractivity contribution in [1.29, 1.82) is 0 Å². The van der Waals surface area contributed by atoms with Crippen LogP contribution in [0.5, 0.6) is 0 Å². The number of amides is 1. The quantitative estimate of drug-likeness (QED) is 0.725. The van der Waals surface area contributed by atoms with Gasteiger partial charge in [0.25, 0.3) is 0 Å². The normalized spacial score (nSPS) is 21.2. The summed E-state index contributed by atoms with van der Waals surface area (Å²) >= 11 is 0. The third-order valence-electron chi connectivity index (χ3n) is 4.03. The molecule has 0 saturated carbocycles. The van der Waals surface area contributed by atoms with Crippen LogP contribution in [0.4, 0.5) is 0 Å². The standard InChI is InChI=1S/C14H26N2O3/c1-4-15(5-2)8-6-7-11(3)16-10-12(14(18)19)9-13(16)17/h11-12H,4-10H2,1-3H3,(H,18,19). The number of aliphatic carboxylic acids is 1. The van der Waals surface area contributed by atoms with Gasteiger partial charge in [-0.1, -0.05) is 13.8 Å². The summed E-state index contributed by atoms with van der Waals surface area (Å²) < 4.78 is 0. The number of rotatable bonds is 8. The number of carbonyl (C=O) groups is 2. The average Bonchev–Trinajstić information content (AvgIpc) is 2.77. The van der Waals surface area contributed by atoms with Crippen LogP contribution in [0.1, 0.15) is 40.0 Å². The number of likely N-dealkylation sites (tertiary alicyclic amines) is 1. The van der Waals surface area contributed by atoms with E-state index in [2.05, 4.69) is 18.7 Å². The first kappa shape index (κ1) is 16.0. The fraction of sp³-hybridized carbons (Fsp3) is 0.857. The monoisotopic (exact) mass is 270 g/mol. The summed E-state index contributed by atoms with van der Waals surface area (Å²) in [5, 5.41) is 8.96. The molecule has 1 fully saturated rings. The first-order valence-electron chi connectivity index (χ1n) is 7.24. The predicted octanol–water partition coefficient (Wildman–Crippen LogP) is 1.43. The van der Waals surface area contributed by atoms with Gasteiger partial charge in [0.15, 0.2) is 0 Å². The summed E-state index contributed by atoms with van der Waals surface area (Å²) in [5.74, 6) is -1.38. The van der Waals surface area contributed by atoms with Gasteiger partial charge >= 0.3 is 5.97 Å². The van der Waals surface area contributed by atoms with Crippen molar-refractivity contribution in [2.45, 2.75) is 46.1 Å². The van der Waals surface area contributed by atoms with Gasteiger partial charge in [-0.25, -0.2) is 0 Å². The number of nitrogens with zero attached hydrogens (tertiary/aromatic N) is 2. The molecule has 2 atom stereocenters. The average molecular weight is 270 g/mol. The fourth-order valence-corrected chi connectivity index (χ4v) is 2.63. The van der Waals surface area contributed by atoms with Crippen LogP contribution in [0, 0.1) is 5.92 Å². The van der Waals surface area contributed by atoms with Gasteiger partial charge in [0.1, 0.15) is 0 Å². The maximum absolute atomic E-state index is 11.8. The molecule has 1 aliphatic heterocycles. The summed E-state index contributed by atoms with van der Waals surface area (Å²) in [4.78, 5) is 26.8. The molecule has 0 spiro atoms. The summed E-state index contributed by atoms with van der Waals surface area (Å²) in [6.45, 7) is 9.83. The molecule has 0 bridgehead atoms. The van der Waals surface area contributed by atoms with E-state index in [0.717, 1.165) is 32.5 Å². The third-order valence-corrected chi connectivity index (χ3v) is 4.03. The van der Waals surface area contributed by atoms with E-state index in [1.54, 1.807) is 4.90 Å². The number of carboxylic acids is 1. The molecule has 2 unspecified atom stereocenters. The van der Waals surface area contributed by atoms with Crippen LogP contribution < -0.4 is 0 Å². The molecule has 5 heteroatoms. The SMILES string of the molecule is CCN(CC)CCCC(C)N1CC(C(=O)O)CC1=O. The van der Waals surface area contributed by atoms with Crippen LogP contribution in [0.3, 0.4) is 0 Å². The van der Waals surface area contributed by atoms with Gasteiger partial charge < -0.3 is 14.9 Å². The Morgan fingerprint density at radius 1 is 1.47 bits per heavy atom. The Morgan fingerprint density at radius 2 is 2.11 bits per heavy atom. The van der Waals surface area contributed by atoms with Crippen molar-refractivity contribution < 1.29 is 14.7 Å². The van der Waals surface area contributed by atoms with Crippen LogP contribution in [0.2, 0.25) is 0 Å². The summed E-state index contributed by atoms with van der Waals surface area (Å²) in [7, 11) is 0. The topological polar surface area (TPSA) is 60.9 Å². The highest BCUT2D eigenvalue weighted by Crippen LogP contribution is 2.22. The summed E-state index contributed by atoms with van der Waals surface area (Å²) in [6.07, 6.45) is 2.15. The zero-order chi connectivity index (χ0) is 14.4. The highest BCUT2D eigenvalue weighted by atomic mass is 16.4. The van der Waals surface area contributed by atoms with Crippen molar-refractivity contribution >= 4 is 11.9 Å². The van der Waals surface area contributed by atoms with Crippen LogP contribution in [-0.2, 0) is 9.59 Å². The van der Waals surface area contributed by atoms with Crippen molar-refractivity contribution in [3.63, 3.8) is 0 Å². The number of hydrogen-bond donors (Lipinski definition) is 1. The largest absolute Gasteiger partial charge is 0.481 e. The Morgan fingerprint density at radius 3 is 2.58 bits per heavy atom. The minimum atomic E-state index is -0.855. The minimum absolute atomic E-state index is 0.0114. The molecule has 1 N–H and O–H groups in total. The Hall–Kier alpha value is -1.10. The van der Waals surface area contributed by atoms with Crippen LogP contribution >= 0.6 is 0 Å². The van der Waals surface area contributed by atoms with E-state index >= 15 is 0 Å². The maximum atomic E-state index is 11.8. The predicted molar refractivity (Wildman–Crippen MR) is 73.9 cm³/mol. The molecule has 0 aromatic heterocycles. The first-order chi connectivity index (χ1) is 8.99. The molecule has 110 valence electrons. The fourth-order valence-electron chi connectivity index (χ4n) is 2.63. The molecule has 1 rings (SSSR count). The lowest BCUT2D eigenvalue weighted by atomic mass is 10.1. The van der Waals surface area contributed by atoms with E-state index in [0.29, 0.717) is 6.54 Å². The maximum Gasteiger partial charge on any atom is 0.308 e. The van der Waals surface area contributed by atoms with E-state index in [1.807, 2.05) is 6.92 Å². The van der Waals surface area contributed by atoms with E-state index in [4.69, 9.17) is 5.11 Å². The Balaban J connectivity index is 2.35. The second-order valence-corrected chi connectivity index (χ2v) is 5.30. The summed E-state index contributed by atoms with van der Waals surface area (Å²) in [6, 6.07) is 0.146. The molecule has 1 aliphatic rings. The van der Waals surface area contributed by atoms with Gasteiger partial charge in [-0.2, -0.15) is 0 Å². The van der Waals surface area contributed by atoms with Crippen molar-refractivity contribution in [1.82, 2.24) is 9.80 Å². The molecule has 0 aliphatic carbocycles. The minimum Gasteiger partial charge on any atom is -0.481 e. The van der Waals surface area contributed by atoms with E-state index < -0.39 is 11.9 Å². The molecular formula is C14H26N2O3. The van der Waals surface area contributed by atoms with Gasteiger partial charge in [0.2, 0.25) is 5.91 Å². The first-order valence-corrected chi connectivity index (χ1v) is 7.24. The molecule has 1 heterocycles. The van der Waals surface area contributed by atoms with Crippen LogP contribution in [-0.4, -0.2) is 59.0 Å². The molecule has 0 aromatic carbocycles. The van der Waals surface area contributed by atoms with E-state index in [1.165, 1.54) is 0 Å². The molecule has 19 heavy (non-hydrogen) atoms. The molecule has 0 aromatic rings. The smallest absolute Gasteiger partial charge is 0.308 e. The second-order valence-electron chi connectivity index (χ2n) is 5.30. The zero-order valence-electron chi connectivity index (χ0n) is 12.3. The Labute approximate surface area is 115 Å². The van der Waals surface area contributed by atoms with Gasteiger partial charge in [-0.05, 0) is 39.4 Å². The molecule has 5 nitrogen and oxygen atoms in total. The second kappa shape index (κ2) is 7.48. The lowest BCUT2D eigenvalue weighted by molar-refractivity contribution is -0.141. The van der Waals surface area contributed by atoms with Crippen molar-refractivity contribution in [3.8, 4) is 0 Å². The number of carbonyl (C=O) groups excluding carboxylic acids is 1. The molecule has 0 radical (unpaired) electrons. The lowest BCUT2D eigenvalue weighted by Gasteiger charge is -2.26. The highest BCUT2D eigenvalue weighted by molar-refractivity contribution is 5.86. The van der Waals surface area contributed by atoms with Gasteiger partial charge in [-0.3, -0.25) is 9.59 Å². The van der Waals surface area contributed by atoms with Gasteiger partial charge in [0, 0.05) is 19.0 Å². The highest BCUT2D eigenvalue weighted by Gasteiger charge is 2.36. The van der Waals surface area contributed by atoms with Gasteiger partial charge in [0.05, 0.1) is 5.92 Å². The van der Waals surface area contributed by atoms with Crippen molar-refractivity contribution in [3.05, 3.63) is 0 Å². The van der Waals surface area contributed by atoms with Gasteiger partial charge in [-0.15, -0.1) is 0 Å². The van der Waals surface area contributed by atoms with Crippen LogP contribution in [0.25, 0.3) is 0 Å². The van der Waals surface area contributed by atoms with Crippen molar-refractivity contribution in [2.75, 3.05) is 26.2 Å². The summed E-state index contributed by atoms with van der Waals surface area (Å²) in [5.41, 5.74) is 0. The Bertz CT molecular complexity index is 316. The van der Waals surface area contributed by atoms with E-state index in [9.17, 15) is 9.59 Å². The zero-order valence-corrected chi connectivity index (χ0v) is 12.3.